The summed E-state index contributed by atoms with van der Waals surface area (Å²) < 4.78 is 4.76. The molecule has 1 aliphatic rings. The summed E-state index contributed by atoms with van der Waals surface area (Å²) in [5.41, 5.74) is 2.36. The Kier molecular flexibility index (Phi) is 5.72. The number of esters is 1. The smallest absolute Gasteiger partial charge is 0.306 e. The Bertz CT molecular complexity index is 535. The van der Waals surface area contributed by atoms with E-state index in [-0.39, 0.29) is 18.0 Å². The number of aliphatic hydroxyl groups is 1. The van der Waals surface area contributed by atoms with Crippen molar-refractivity contribution in [1.82, 2.24) is 0 Å². The Morgan fingerprint density at radius 2 is 2.10 bits per heavy atom. The first-order valence-electron chi connectivity index (χ1n) is 7.01. The van der Waals surface area contributed by atoms with Gasteiger partial charge in [-0.25, -0.2) is 0 Å². The molecule has 0 aliphatic heterocycles. The van der Waals surface area contributed by atoms with Crippen LogP contribution >= 0.6 is 11.8 Å². The molecule has 0 aromatic heterocycles. The molecule has 1 aromatic carbocycles. The van der Waals surface area contributed by atoms with Gasteiger partial charge in [0.05, 0.1) is 13.5 Å². The number of aliphatic hydroxyl groups excluding tert-OH is 1. The van der Waals surface area contributed by atoms with E-state index in [1.54, 1.807) is 0 Å². The van der Waals surface area contributed by atoms with Crippen LogP contribution in [-0.2, 0) is 15.3 Å². The molecule has 0 saturated heterocycles. The SMILES string of the molecule is COC(=O)CC1(CSCc2ccc(C#CCO)cc2)CC1. The highest BCUT2D eigenvalue weighted by molar-refractivity contribution is 7.98. The van der Waals surface area contributed by atoms with Crippen LogP contribution in [-0.4, -0.2) is 30.5 Å². The molecule has 2 rings (SSSR count). The van der Waals surface area contributed by atoms with E-state index in [0.717, 1.165) is 29.9 Å². The minimum atomic E-state index is -0.111. The first-order valence-corrected chi connectivity index (χ1v) is 8.16. The van der Waals surface area contributed by atoms with E-state index in [4.69, 9.17) is 9.84 Å². The molecule has 0 radical (unpaired) electrons. The molecule has 0 bridgehead atoms. The maximum absolute atomic E-state index is 11.4. The second-order valence-electron chi connectivity index (χ2n) is 5.40. The van der Waals surface area contributed by atoms with Crippen molar-refractivity contribution < 1.29 is 14.6 Å². The van der Waals surface area contributed by atoms with E-state index in [1.807, 2.05) is 23.9 Å². The monoisotopic (exact) mass is 304 g/mol. The normalized spacial score (nSPS) is 15.0. The molecule has 1 N–H and O–H groups in total. The number of carbonyl (C=O) groups excluding carboxylic acids is 1. The quantitative estimate of drug-likeness (QED) is 0.648. The van der Waals surface area contributed by atoms with Gasteiger partial charge in [0.1, 0.15) is 6.61 Å². The molecule has 0 atom stereocenters. The highest BCUT2D eigenvalue weighted by Crippen LogP contribution is 2.51. The lowest BCUT2D eigenvalue weighted by atomic mass is 10.1. The van der Waals surface area contributed by atoms with E-state index in [2.05, 4.69) is 24.0 Å². The minimum absolute atomic E-state index is 0.0973. The first-order chi connectivity index (χ1) is 10.2. The topological polar surface area (TPSA) is 46.5 Å². The van der Waals surface area contributed by atoms with Crippen LogP contribution in [0.3, 0.4) is 0 Å². The van der Waals surface area contributed by atoms with Crippen LogP contribution in [0, 0.1) is 17.3 Å². The van der Waals surface area contributed by atoms with Crippen LogP contribution in [0.4, 0.5) is 0 Å². The molecule has 4 heteroatoms. The summed E-state index contributed by atoms with van der Waals surface area (Å²) in [6.07, 6.45) is 2.81. The molecular formula is C17H20O3S. The van der Waals surface area contributed by atoms with Gasteiger partial charge >= 0.3 is 5.97 Å². The van der Waals surface area contributed by atoms with Gasteiger partial charge in [0.15, 0.2) is 0 Å². The molecular weight excluding hydrogens is 284 g/mol. The van der Waals surface area contributed by atoms with E-state index >= 15 is 0 Å². The van der Waals surface area contributed by atoms with E-state index in [1.165, 1.54) is 12.7 Å². The molecule has 1 aromatic rings. The molecule has 1 saturated carbocycles. The summed E-state index contributed by atoms with van der Waals surface area (Å²) in [4.78, 5) is 11.4. The van der Waals surface area contributed by atoms with E-state index < -0.39 is 0 Å². The summed E-state index contributed by atoms with van der Waals surface area (Å²) in [5, 5.41) is 8.65. The van der Waals surface area contributed by atoms with Gasteiger partial charge < -0.3 is 9.84 Å². The third-order valence-electron chi connectivity index (χ3n) is 3.65. The zero-order valence-electron chi connectivity index (χ0n) is 12.2. The van der Waals surface area contributed by atoms with Crippen molar-refractivity contribution in [3.63, 3.8) is 0 Å². The van der Waals surface area contributed by atoms with Crippen molar-refractivity contribution >= 4 is 17.7 Å². The van der Waals surface area contributed by atoms with Gasteiger partial charge in [-0.2, -0.15) is 11.8 Å². The molecule has 0 unspecified atom stereocenters. The predicted molar refractivity (Wildman–Crippen MR) is 84.9 cm³/mol. The average molecular weight is 304 g/mol. The van der Waals surface area contributed by atoms with E-state index in [9.17, 15) is 4.79 Å². The van der Waals surface area contributed by atoms with Crippen LogP contribution in [0.15, 0.2) is 24.3 Å². The molecule has 0 heterocycles. The zero-order valence-corrected chi connectivity index (χ0v) is 13.0. The Labute approximate surface area is 130 Å². The van der Waals surface area contributed by atoms with Crippen LogP contribution in [0.25, 0.3) is 0 Å². The summed E-state index contributed by atoms with van der Waals surface area (Å²) in [5.74, 6) is 7.37. The van der Waals surface area contributed by atoms with Crippen LogP contribution < -0.4 is 0 Å². The molecule has 1 fully saturated rings. The molecule has 0 amide bonds. The average Bonchev–Trinajstić information content (AvgIpc) is 3.26. The van der Waals surface area contributed by atoms with Gasteiger partial charge in [-0.05, 0) is 41.7 Å². The predicted octanol–water partition coefficient (Wildman–Crippen LogP) is 2.61. The number of hydrogen-bond acceptors (Lipinski definition) is 4. The number of rotatable bonds is 6. The van der Waals surface area contributed by atoms with Crippen molar-refractivity contribution in [3.05, 3.63) is 35.4 Å². The summed E-state index contributed by atoms with van der Waals surface area (Å²) in [6, 6.07) is 8.07. The Balaban J connectivity index is 1.77. The standard InChI is InChI=1S/C17H20O3S/c1-20-16(19)11-17(8-9-17)13-21-12-15-6-4-14(5-7-15)3-2-10-18/h4-7,18H,8-13H2,1H3. The largest absolute Gasteiger partial charge is 0.469 e. The number of benzene rings is 1. The van der Waals surface area contributed by atoms with Crippen molar-refractivity contribution in [2.24, 2.45) is 5.41 Å². The minimum Gasteiger partial charge on any atom is -0.469 e. The van der Waals surface area contributed by atoms with Crippen molar-refractivity contribution in [2.45, 2.75) is 25.0 Å². The van der Waals surface area contributed by atoms with Crippen molar-refractivity contribution in [2.75, 3.05) is 19.5 Å². The second kappa shape index (κ2) is 7.53. The lowest BCUT2D eigenvalue weighted by molar-refractivity contribution is -0.141. The van der Waals surface area contributed by atoms with Crippen LogP contribution in [0.5, 0.6) is 0 Å². The molecule has 0 spiro atoms. The van der Waals surface area contributed by atoms with Crippen molar-refractivity contribution in [1.29, 1.82) is 0 Å². The Morgan fingerprint density at radius 3 is 2.67 bits per heavy atom. The fourth-order valence-corrected chi connectivity index (χ4v) is 3.49. The molecule has 21 heavy (non-hydrogen) atoms. The summed E-state index contributed by atoms with van der Waals surface area (Å²) >= 11 is 1.87. The fraction of sp³-hybridized carbons (Fsp3) is 0.471. The van der Waals surface area contributed by atoms with Crippen LogP contribution in [0.1, 0.15) is 30.4 Å². The Morgan fingerprint density at radius 1 is 1.38 bits per heavy atom. The van der Waals surface area contributed by atoms with E-state index in [0.29, 0.717) is 6.42 Å². The lowest BCUT2D eigenvalue weighted by Crippen LogP contribution is -2.13. The Hall–Kier alpha value is -1.44. The van der Waals surface area contributed by atoms with Gasteiger partial charge in [0.25, 0.3) is 0 Å². The maximum Gasteiger partial charge on any atom is 0.306 e. The third-order valence-corrected chi connectivity index (χ3v) is 5.00. The second-order valence-corrected chi connectivity index (χ2v) is 6.39. The first kappa shape index (κ1) is 15.9. The highest BCUT2D eigenvalue weighted by atomic mass is 32.2. The number of thioether (sulfide) groups is 1. The molecule has 1 aliphatic carbocycles. The number of methoxy groups -OCH3 is 1. The number of carbonyl (C=O) groups is 1. The lowest BCUT2D eigenvalue weighted by Gasteiger charge is -2.13. The summed E-state index contributed by atoms with van der Waals surface area (Å²) in [7, 11) is 1.45. The van der Waals surface area contributed by atoms with Gasteiger partial charge in [0, 0.05) is 11.3 Å². The van der Waals surface area contributed by atoms with Crippen LogP contribution in [0.2, 0.25) is 0 Å². The number of ether oxygens (including phenoxy) is 1. The highest BCUT2D eigenvalue weighted by Gasteiger charge is 2.44. The molecule has 3 nitrogen and oxygen atoms in total. The summed E-state index contributed by atoms with van der Waals surface area (Å²) in [6.45, 7) is -0.111. The maximum atomic E-state index is 11.4. The zero-order chi connectivity index (χ0) is 15.1. The fourth-order valence-electron chi connectivity index (χ4n) is 2.14. The number of hydrogen-bond donors (Lipinski definition) is 1. The van der Waals surface area contributed by atoms with Gasteiger partial charge in [-0.15, -0.1) is 0 Å². The molecule has 112 valence electrons. The van der Waals surface area contributed by atoms with Gasteiger partial charge in [-0.3, -0.25) is 4.79 Å². The van der Waals surface area contributed by atoms with Gasteiger partial charge in [-0.1, -0.05) is 24.0 Å². The third kappa shape index (κ3) is 5.11. The van der Waals surface area contributed by atoms with Crippen molar-refractivity contribution in [3.8, 4) is 11.8 Å². The van der Waals surface area contributed by atoms with Gasteiger partial charge in [0.2, 0.25) is 0 Å².